The second-order valence-electron chi connectivity index (χ2n) is 8.73. The number of nitrogens with two attached hydrogens (primary N) is 1. The number of benzene rings is 2. The number of carbonyl (C=O) groups excluding carboxylic acids is 2. The lowest BCUT2D eigenvalue weighted by Crippen LogP contribution is -2.33. The van der Waals surface area contributed by atoms with Crippen LogP contribution >= 0.6 is 11.3 Å². The molecule has 1 atom stereocenters. The number of hydrogen-bond acceptors (Lipinski definition) is 8. The highest BCUT2D eigenvalue weighted by Gasteiger charge is 2.27. The maximum atomic E-state index is 15.0. The number of hydrogen-bond donors (Lipinski definition) is 2. The van der Waals surface area contributed by atoms with Crippen molar-refractivity contribution in [3.05, 3.63) is 59.0 Å². The summed E-state index contributed by atoms with van der Waals surface area (Å²) in [6, 6.07) is 7.58. The van der Waals surface area contributed by atoms with Gasteiger partial charge in [-0.1, -0.05) is 18.3 Å². The van der Waals surface area contributed by atoms with E-state index in [0.717, 1.165) is 28.3 Å². The van der Waals surface area contributed by atoms with Gasteiger partial charge < -0.3 is 20.7 Å². The maximum Gasteiger partial charge on any atom is 0.254 e. The summed E-state index contributed by atoms with van der Waals surface area (Å²) in [7, 11) is -3.77. The van der Waals surface area contributed by atoms with Crippen LogP contribution in [0.15, 0.2) is 41.4 Å². The zero-order chi connectivity index (χ0) is 26.9. The third-order valence-electron chi connectivity index (χ3n) is 6.08. The van der Waals surface area contributed by atoms with Crippen molar-refractivity contribution in [2.45, 2.75) is 37.8 Å². The molecule has 1 aliphatic rings. The van der Waals surface area contributed by atoms with E-state index in [2.05, 4.69) is 10.3 Å². The normalized spacial score (nSPS) is 14.3. The summed E-state index contributed by atoms with van der Waals surface area (Å²) in [5.41, 5.74) is 7.13. The van der Waals surface area contributed by atoms with Gasteiger partial charge in [0.2, 0.25) is 5.91 Å². The molecule has 0 fully saturated rings. The molecule has 2 amide bonds. The van der Waals surface area contributed by atoms with Crippen LogP contribution in [0, 0.1) is 5.82 Å². The Labute approximate surface area is 218 Å². The van der Waals surface area contributed by atoms with Gasteiger partial charge in [0.15, 0.2) is 15.0 Å². The molecular formula is C25H27FN4O5S2. The number of anilines is 1. The van der Waals surface area contributed by atoms with Crippen LogP contribution in [-0.2, 0) is 27.6 Å². The number of thiazole rings is 1. The number of nitrogens with one attached hydrogen (secondary N) is 1. The summed E-state index contributed by atoms with van der Waals surface area (Å²) in [5, 5.41) is 3.51. The van der Waals surface area contributed by atoms with Gasteiger partial charge in [0.05, 0.1) is 11.4 Å². The van der Waals surface area contributed by atoms with Gasteiger partial charge >= 0.3 is 0 Å². The third-order valence-corrected chi connectivity index (χ3v) is 8.17. The number of aromatic nitrogens is 1. The zero-order valence-corrected chi connectivity index (χ0v) is 22.2. The number of primary amides is 1. The molecule has 37 heavy (non-hydrogen) atoms. The smallest absolute Gasteiger partial charge is 0.254 e. The van der Waals surface area contributed by atoms with Gasteiger partial charge in [0, 0.05) is 35.7 Å². The van der Waals surface area contributed by atoms with E-state index < -0.39 is 38.4 Å². The highest BCUT2D eigenvalue weighted by atomic mass is 32.2. The molecular weight excluding hydrogens is 519 g/mol. The van der Waals surface area contributed by atoms with Crippen LogP contribution in [0.5, 0.6) is 5.75 Å². The minimum absolute atomic E-state index is 0.0712. The Morgan fingerprint density at radius 3 is 2.73 bits per heavy atom. The SMILES string of the molecule is CCc1c(C(=O)N2CCOc3ccc(-c4cnc(N[C@H](C)C(N)=O)s4)cc3C2)ccc(S(C)(=O)=O)c1F. The fraction of sp³-hybridized carbons (Fsp3) is 0.320. The molecule has 12 heteroatoms. The van der Waals surface area contributed by atoms with Gasteiger partial charge in [-0.3, -0.25) is 9.59 Å². The highest BCUT2D eigenvalue weighted by Crippen LogP contribution is 2.34. The van der Waals surface area contributed by atoms with Crippen molar-refractivity contribution in [1.29, 1.82) is 0 Å². The zero-order valence-electron chi connectivity index (χ0n) is 20.6. The maximum absolute atomic E-state index is 15.0. The largest absolute Gasteiger partial charge is 0.491 e. The average molecular weight is 547 g/mol. The summed E-state index contributed by atoms with van der Waals surface area (Å²) in [5.74, 6) is -1.13. The van der Waals surface area contributed by atoms with Crippen LogP contribution < -0.4 is 15.8 Å². The molecule has 0 saturated carbocycles. The molecule has 2 heterocycles. The van der Waals surface area contributed by atoms with E-state index in [1.807, 2.05) is 18.2 Å². The lowest BCUT2D eigenvalue weighted by atomic mass is 10.0. The first-order valence-electron chi connectivity index (χ1n) is 11.6. The first kappa shape index (κ1) is 26.6. The first-order valence-corrected chi connectivity index (χ1v) is 14.3. The number of amides is 2. The lowest BCUT2D eigenvalue weighted by molar-refractivity contribution is -0.118. The molecule has 2 aromatic carbocycles. The Balaban J connectivity index is 1.62. The van der Waals surface area contributed by atoms with Gasteiger partial charge in [0.1, 0.15) is 29.1 Å². The monoisotopic (exact) mass is 546 g/mol. The van der Waals surface area contributed by atoms with Crippen LogP contribution in [0.4, 0.5) is 9.52 Å². The molecule has 9 nitrogen and oxygen atoms in total. The van der Waals surface area contributed by atoms with Crippen LogP contribution in [0.25, 0.3) is 10.4 Å². The molecule has 4 rings (SSSR count). The number of rotatable bonds is 7. The number of carbonyl (C=O) groups is 2. The Bertz CT molecular complexity index is 1470. The molecule has 0 aliphatic carbocycles. The summed E-state index contributed by atoms with van der Waals surface area (Å²) in [4.78, 5) is 31.1. The van der Waals surface area contributed by atoms with Crippen LogP contribution in [0.1, 0.15) is 35.3 Å². The highest BCUT2D eigenvalue weighted by molar-refractivity contribution is 7.90. The standard InChI is InChI=1S/C25H27FN4O5S2/c1-4-17-18(6-8-21(22(17)26)37(3,33)34)24(32)30-9-10-35-19-7-5-15(11-16(19)13-30)20-12-28-25(36-20)29-14(2)23(27)31/h5-8,11-12,14H,4,9-10,13H2,1-3H3,(H2,27,31)(H,28,29)/t14-/m1/s1. The molecule has 0 radical (unpaired) electrons. The first-order chi connectivity index (χ1) is 17.5. The lowest BCUT2D eigenvalue weighted by Gasteiger charge is -2.22. The number of halogens is 1. The van der Waals surface area contributed by atoms with E-state index in [0.29, 0.717) is 10.9 Å². The van der Waals surface area contributed by atoms with Crippen molar-refractivity contribution < 1.29 is 27.1 Å². The van der Waals surface area contributed by atoms with Crippen molar-refractivity contribution in [3.63, 3.8) is 0 Å². The minimum atomic E-state index is -3.77. The van der Waals surface area contributed by atoms with Crippen LogP contribution in [0.2, 0.25) is 0 Å². The molecule has 0 spiro atoms. The van der Waals surface area contributed by atoms with Crippen LogP contribution in [-0.4, -0.2) is 55.6 Å². The Morgan fingerprint density at radius 2 is 2.05 bits per heavy atom. The van der Waals surface area contributed by atoms with Gasteiger partial charge in [0.25, 0.3) is 5.91 Å². The van der Waals surface area contributed by atoms with Gasteiger partial charge in [-0.15, -0.1) is 0 Å². The average Bonchev–Trinajstić information content (AvgIpc) is 3.20. The Hall–Kier alpha value is -3.51. The van der Waals surface area contributed by atoms with E-state index in [1.54, 1.807) is 24.9 Å². The van der Waals surface area contributed by atoms with Gasteiger partial charge in [-0.25, -0.2) is 17.8 Å². The molecule has 1 aromatic heterocycles. The fourth-order valence-electron chi connectivity index (χ4n) is 4.05. The topological polar surface area (TPSA) is 132 Å². The number of fused-ring (bicyclic) bond motifs is 1. The number of ether oxygens (including phenoxy) is 1. The van der Waals surface area contributed by atoms with Crippen molar-refractivity contribution in [1.82, 2.24) is 9.88 Å². The fourth-order valence-corrected chi connectivity index (χ4v) is 5.72. The summed E-state index contributed by atoms with van der Waals surface area (Å²) in [6.07, 6.45) is 2.79. The van der Waals surface area contributed by atoms with E-state index in [4.69, 9.17) is 10.5 Å². The number of nitrogens with zero attached hydrogens (tertiary/aromatic N) is 2. The van der Waals surface area contributed by atoms with Crippen molar-refractivity contribution >= 4 is 38.1 Å². The molecule has 3 N–H and O–H groups in total. The quantitative estimate of drug-likeness (QED) is 0.465. The molecule has 0 saturated heterocycles. The van der Waals surface area contributed by atoms with Gasteiger partial charge in [-0.2, -0.15) is 0 Å². The molecule has 196 valence electrons. The third kappa shape index (κ3) is 5.59. The predicted octanol–water partition coefficient (Wildman–Crippen LogP) is 3.24. The molecule has 3 aromatic rings. The van der Waals surface area contributed by atoms with E-state index in [-0.39, 0.29) is 37.2 Å². The Kier molecular flexibility index (Phi) is 7.51. The second kappa shape index (κ2) is 10.5. The van der Waals surface area contributed by atoms with E-state index in [1.165, 1.54) is 17.4 Å². The van der Waals surface area contributed by atoms with Gasteiger partial charge in [-0.05, 0) is 49.2 Å². The molecule has 0 bridgehead atoms. The van der Waals surface area contributed by atoms with Crippen molar-refractivity contribution in [2.24, 2.45) is 5.73 Å². The van der Waals surface area contributed by atoms with Crippen molar-refractivity contribution in [2.75, 3.05) is 24.7 Å². The summed E-state index contributed by atoms with van der Waals surface area (Å²) in [6.45, 7) is 4.09. The van der Waals surface area contributed by atoms with Crippen molar-refractivity contribution in [3.8, 4) is 16.2 Å². The number of sulfone groups is 1. The van der Waals surface area contributed by atoms with E-state index in [9.17, 15) is 18.0 Å². The van der Waals surface area contributed by atoms with E-state index >= 15 is 4.39 Å². The summed E-state index contributed by atoms with van der Waals surface area (Å²) >= 11 is 1.36. The Morgan fingerprint density at radius 1 is 1.30 bits per heavy atom. The summed E-state index contributed by atoms with van der Waals surface area (Å²) < 4.78 is 44.8. The second-order valence-corrected chi connectivity index (χ2v) is 11.7. The van der Waals surface area contributed by atoms with Crippen LogP contribution in [0.3, 0.4) is 0 Å². The molecule has 1 aliphatic heterocycles. The predicted molar refractivity (Wildman–Crippen MR) is 139 cm³/mol. The minimum Gasteiger partial charge on any atom is -0.491 e. The molecule has 0 unspecified atom stereocenters.